The van der Waals surface area contributed by atoms with E-state index in [2.05, 4.69) is 10.3 Å². The number of hydrogen-bond donors (Lipinski definition) is 1. The number of hydrogen-bond acceptors (Lipinski definition) is 5. The number of aliphatic hydroxyl groups excluding tert-OH is 1. The predicted molar refractivity (Wildman–Crippen MR) is 86.2 cm³/mol. The summed E-state index contributed by atoms with van der Waals surface area (Å²) in [6, 6.07) is 3.39. The highest BCUT2D eigenvalue weighted by atomic mass is 16.3. The first kappa shape index (κ1) is 16.4. The van der Waals surface area contributed by atoms with Crippen LogP contribution in [0.1, 0.15) is 30.1 Å². The number of pyridine rings is 1. The van der Waals surface area contributed by atoms with Crippen molar-refractivity contribution in [1.29, 1.82) is 0 Å². The summed E-state index contributed by atoms with van der Waals surface area (Å²) in [5, 5.41) is 17.0. The summed E-state index contributed by atoms with van der Waals surface area (Å²) in [4.78, 5) is 26.2. The van der Waals surface area contributed by atoms with Gasteiger partial charge in [-0.05, 0) is 31.4 Å². The third kappa shape index (κ3) is 3.53. The fraction of sp³-hybridized carbons (Fsp3) is 0.500. The minimum atomic E-state index is -0.166. The second-order valence-corrected chi connectivity index (χ2v) is 6.15. The highest BCUT2D eigenvalue weighted by Crippen LogP contribution is 2.21. The highest BCUT2D eigenvalue weighted by Gasteiger charge is 2.25. The number of nitrogens with zero attached hydrogens (tertiary/aromatic N) is 5. The Morgan fingerprint density at radius 2 is 2.29 bits per heavy atom. The zero-order valence-corrected chi connectivity index (χ0v) is 13.6. The normalized spacial score (nSPS) is 17.9. The van der Waals surface area contributed by atoms with Crippen LogP contribution < -0.4 is 5.56 Å². The van der Waals surface area contributed by atoms with Gasteiger partial charge in [0.05, 0.1) is 18.8 Å². The number of rotatable bonds is 4. The van der Waals surface area contributed by atoms with Gasteiger partial charge in [-0.15, -0.1) is 5.10 Å². The molecule has 1 aliphatic heterocycles. The van der Waals surface area contributed by atoms with Gasteiger partial charge in [-0.2, -0.15) is 0 Å². The number of aryl methyl sites for hydroxylation is 1. The summed E-state index contributed by atoms with van der Waals surface area (Å²) in [7, 11) is 0. The molecule has 3 rings (SSSR count). The summed E-state index contributed by atoms with van der Waals surface area (Å²) >= 11 is 0. The number of carbonyl (C=O) groups excluding carboxylic acids is 1. The molecule has 1 saturated heterocycles. The largest absolute Gasteiger partial charge is 0.390 e. The highest BCUT2D eigenvalue weighted by molar-refractivity contribution is 5.76. The molecule has 8 heteroatoms. The van der Waals surface area contributed by atoms with Gasteiger partial charge in [-0.25, -0.2) is 4.68 Å². The van der Waals surface area contributed by atoms with E-state index in [4.69, 9.17) is 5.11 Å². The van der Waals surface area contributed by atoms with Crippen LogP contribution in [0.5, 0.6) is 0 Å². The summed E-state index contributed by atoms with van der Waals surface area (Å²) < 4.78 is 3.14. The average Bonchev–Trinajstić information content (AvgIpc) is 3.06. The number of likely N-dealkylation sites (tertiary alicyclic amines) is 1. The minimum absolute atomic E-state index is 0.0465. The van der Waals surface area contributed by atoms with Crippen LogP contribution in [0.25, 0.3) is 0 Å². The van der Waals surface area contributed by atoms with Crippen molar-refractivity contribution in [2.45, 2.75) is 39.0 Å². The fourth-order valence-corrected chi connectivity index (χ4v) is 2.94. The molecule has 0 spiro atoms. The summed E-state index contributed by atoms with van der Waals surface area (Å²) in [6.45, 7) is 2.96. The lowest BCUT2D eigenvalue weighted by Crippen LogP contribution is -2.43. The van der Waals surface area contributed by atoms with Crippen LogP contribution in [0.4, 0.5) is 0 Å². The van der Waals surface area contributed by atoms with Gasteiger partial charge in [0.2, 0.25) is 5.91 Å². The van der Waals surface area contributed by atoms with Crippen LogP contribution in [-0.2, 0) is 17.9 Å². The number of amides is 1. The SMILES string of the molecule is Cc1ccn(CC(=O)N2CCCC(n3cc(CO)nn3)C2)c(=O)c1. The van der Waals surface area contributed by atoms with E-state index in [1.54, 1.807) is 22.0 Å². The molecule has 1 unspecified atom stereocenters. The molecule has 1 atom stereocenters. The van der Waals surface area contributed by atoms with Crippen molar-refractivity contribution >= 4 is 5.91 Å². The Morgan fingerprint density at radius 3 is 3.00 bits per heavy atom. The van der Waals surface area contributed by atoms with E-state index in [0.717, 1.165) is 18.4 Å². The van der Waals surface area contributed by atoms with Crippen molar-refractivity contribution in [2.24, 2.45) is 0 Å². The van der Waals surface area contributed by atoms with Crippen molar-refractivity contribution in [3.05, 3.63) is 46.1 Å². The molecule has 1 aliphatic rings. The molecule has 0 saturated carbocycles. The molecule has 8 nitrogen and oxygen atoms in total. The van der Waals surface area contributed by atoms with Crippen molar-refractivity contribution in [1.82, 2.24) is 24.5 Å². The molecular formula is C16H21N5O3. The lowest BCUT2D eigenvalue weighted by Gasteiger charge is -2.32. The maximum absolute atomic E-state index is 12.5. The summed E-state index contributed by atoms with van der Waals surface area (Å²) in [6.07, 6.45) is 5.14. The van der Waals surface area contributed by atoms with Crippen LogP contribution in [0.3, 0.4) is 0 Å². The first-order valence-corrected chi connectivity index (χ1v) is 8.03. The maximum atomic E-state index is 12.5. The molecule has 0 aromatic carbocycles. The van der Waals surface area contributed by atoms with Crippen LogP contribution in [0.2, 0.25) is 0 Å². The average molecular weight is 331 g/mol. The van der Waals surface area contributed by atoms with E-state index in [0.29, 0.717) is 18.8 Å². The number of aliphatic hydroxyl groups is 1. The molecule has 128 valence electrons. The lowest BCUT2D eigenvalue weighted by atomic mass is 10.1. The molecule has 0 radical (unpaired) electrons. The van der Waals surface area contributed by atoms with Crippen molar-refractivity contribution in [3.8, 4) is 0 Å². The Kier molecular flexibility index (Phi) is 4.75. The van der Waals surface area contributed by atoms with Gasteiger partial charge in [0.1, 0.15) is 12.2 Å². The third-order valence-corrected chi connectivity index (χ3v) is 4.30. The summed E-state index contributed by atoms with van der Waals surface area (Å²) in [5.74, 6) is -0.0758. The molecule has 3 heterocycles. The second kappa shape index (κ2) is 6.96. The van der Waals surface area contributed by atoms with E-state index < -0.39 is 0 Å². The van der Waals surface area contributed by atoms with Crippen LogP contribution in [0.15, 0.2) is 29.3 Å². The molecule has 24 heavy (non-hydrogen) atoms. The van der Waals surface area contributed by atoms with E-state index in [1.165, 1.54) is 10.6 Å². The second-order valence-electron chi connectivity index (χ2n) is 6.15. The number of aromatic nitrogens is 4. The van der Waals surface area contributed by atoms with Gasteiger partial charge in [0.25, 0.3) is 5.56 Å². The standard InChI is InChI=1S/C16H21N5O3/c1-12-4-6-20(15(23)7-12)10-16(24)19-5-2-3-14(9-19)21-8-13(11-22)17-18-21/h4,6-8,14,22H,2-3,5,9-11H2,1H3. The zero-order chi connectivity index (χ0) is 17.1. The van der Waals surface area contributed by atoms with Crippen molar-refractivity contribution in [3.63, 3.8) is 0 Å². The molecule has 0 aliphatic carbocycles. The Bertz CT molecular complexity index is 782. The van der Waals surface area contributed by atoms with Gasteiger partial charge < -0.3 is 14.6 Å². The van der Waals surface area contributed by atoms with E-state index in [9.17, 15) is 9.59 Å². The minimum Gasteiger partial charge on any atom is -0.390 e. The quantitative estimate of drug-likeness (QED) is 0.858. The monoisotopic (exact) mass is 331 g/mol. The van der Waals surface area contributed by atoms with Crippen molar-refractivity contribution in [2.75, 3.05) is 13.1 Å². The summed E-state index contributed by atoms with van der Waals surface area (Å²) in [5.41, 5.74) is 1.23. The van der Waals surface area contributed by atoms with Gasteiger partial charge >= 0.3 is 0 Å². The van der Waals surface area contributed by atoms with Crippen LogP contribution >= 0.6 is 0 Å². The Hall–Kier alpha value is -2.48. The maximum Gasteiger partial charge on any atom is 0.251 e. The number of piperidine rings is 1. The Morgan fingerprint density at radius 1 is 1.46 bits per heavy atom. The van der Waals surface area contributed by atoms with E-state index in [-0.39, 0.29) is 30.7 Å². The Balaban J connectivity index is 1.67. The fourth-order valence-electron chi connectivity index (χ4n) is 2.94. The molecule has 2 aromatic heterocycles. The van der Waals surface area contributed by atoms with Gasteiger partial charge in [0.15, 0.2) is 0 Å². The van der Waals surface area contributed by atoms with Gasteiger partial charge in [-0.3, -0.25) is 9.59 Å². The molecule has 1 fully saturated rings. The van der Waals surface area contributed by atoms with Crippen molar-refractivity contribution < 1.29 is 9.90 Å². The third-order valence-electron chi connectivity index (χ3n) is 4.30. The molecule has 1 N–H and O–H groups in total. The topological polar surface area (TPSA) is 93.2 Å². The smallest absolute Gasteiger partial charge is 0.251 e. The predicted octanol–water partition coefficient (Wildman–Crippen LogP) is 0.104. The first-order valence-electron chi connectivity index (χ1n) is 8.03. The number of carbonyl (C=O) groups is 1. The molecular weight excluding hydrogens is 310 g/mol. The van der Waals surface area contributed by atoms with E-state index in [1.807, 2.05) is 13.0 Å². The zero-order valence-electron chi connectivity index (χ0n) is 13.6. The van der Waals surface area contributed by atoms with Crippen LogP contribution in [-0.4, -0.2) is 48.6 Å². The molecule has 1 amide bonds. The van der Waals surface area contributed by atoms with Crippen LogP contribution in [0, 0.1) is 6.92 Å². The lowest BCUT2D eigenvalue weighted by molar-refractivity contribution is -0.133. The van der Waals surface area contributed by atoms with Gasteiger partial charge in [0, 0.05) is 25.4 Å². The first-order chi connectivity index (χ1) is 11.6. The van der Waals surface area contributed by atoms with E-state index >= 15 is 0 Å². The van der Waals surface area contributed by atoms with Gasteiger partial charge in [-0.1, -0.05) is 5.21 Å². The molecule has 0 bridgehead atoms. The Labute approximate surface area is 139 Å². The molecule has 2 aromatic rings.